The summed E-state index contributed by atoms with van der Waals surface area (Å²) in [6.45, 7) is 2.04. The van der Waals surface area contributed by atoms with Crippen molar-refractivity contribution in [3.8, 4) is 0 Å². The van der Waals surface area contributed by atoms with Gasteiger partial charge in [0, 0.05) is 6.54 Å². The third-order valence-corrected chi connectivity index (χ3v) is 2.86. The number of nitrogens with one attached hydrogen (secondary N) is 2. The fraction of sp³-hybridized carbons (Fsp3) is 0.333. The predicted octanol–water partition coefficient (Wildman–Crippen LogP) is 0.119. The normalized spacial score (nSPS) is 13.8. The van der Waals surface area contributed by atoms with Gasteiger partial charge >= 0.3 is 0 Å². The molecule has 1 aromatic carbocycles. The first-order chi connectivity index (χ1) is 9.22. The Kier molecular flexibility index (Phi) is 4.19. The van der Waals surface area contributed by atoms with Crippen LogP contribution in [0.25, 0.3) is 0 Å². The molecule has 0 spiro atoms. The summed E-state index contributed by atoms with van der Waals surface area (Å²) in [7, 11) is 0. The van der Waals surface area contributed by atoms with Gasteiger partial charge in [0.25, 0.3) is 0 Å². The Labute approximate surface area is 110 Å². The Morgan fingerprint density at radius 2 is 2.16 bits per heavy atom. The number of nitrogens with two attached hydrogens (primary N) is 1. The van der Waals surface area contributed by atoms with Crippen LogP contribution in [0, 0.1) is 0 Å². The number of rotatable bonds is 5. The summed E-state index contributed by atoms with van der Waals surface area (Å²) in [4.78, 5) is 12.2. The lowest BCUT2D eigenvalue weighted by molar-refractivity contribution is -0.123. The summed E-state index contributed by atoms with van der Waals surface area (Å²) in [5, 5.41) is 16.3. The van der Waals surface area contributed by atoms with Gasteiger partial charge < -0.3 is 11.1 Å². The van der Waals surface area contributed by atoms with Gasteiger partial charge in [-0.3, -0.25) is 4.79 Å². The number of carbonyl (C=O) groups excluding carboxylic acids is 1. The van der Waals surface area contributed by atoms with Gasteiger partial charge in [-0.05, 0) is 12.5 Å². The van der Waals surface area contributed by atoms with Crippen molar-refractivity contribution >= 4 is 5.91 Å². The minimum atomic E-state index is -0.379. The molecule has 19 heavy (non-hydrogen) atoms. The van der Waals surface area contributed by atoms with Crippen LogP contribution in [0.2, 0.25) is 0 Å². The number of nitrogens with zero attached hydrogens (tertiary/aromatic N) is 3. The molecule has 2 atom stereocenters. The molecule has 0 aliphatic rings. The van der Waals surface area contributed by atoms with Gasteiger partial charge in [-0.25, -0.2) is 0 Å². The van der Waals surface area contributed by atoms with E-state index in [9.17, 15) is 4.79 Å². The molecule has 2 aromatic rings. The maximum atomic E-state index is 12.2. The van der Waals surface area contributed by atoms with E-state index in [-0.39, 0.29) is 24.4 Å². The fourth-order valence-corrected chi connectivity index (χ4v) is 1.81. The van der Waals surface area contributed by atoms with E-state index in [0.29, 0.717) is 5.82 Å². The van der Waals surface area contributed by atoms with Crippen molar-refractivity contribution in [3.63, 3.8) is 0 Å². The van der Waals surface area contributed by atoms with Gasteiger partial charge in [0.1, 0.15) is 0 Å². The average molecular weight is 260 g/mol. The maximum absolute atomic E-state index is 12.2. The highest BCUT2D eigenvalue weighted by molar-refractivity contribution is 5.84. The number of H-pyrrole nitrogens is 1. The molecule has 7 heteroatoms. The first-order valence-electron chi connectivity index (χ1n) is 6.01. The Hall–Kier alpha value is -2.28. The highest BCUT2D eigenvalue weighted by Crippen LogP contribution is 2.16. The van der Waals surface area contributed by atoms with Crippen molar-refractivity contribution in [1.29, 1.82) is 0 Å². The van der Waals surface area contributed by atoms with E-state index in [0.717, 1.165) is 5.56 Å². The Morgan fingerprint density at radius 1 is 1.42 bits per heavy atom. The van der Waals surface area contributed by atoms with Crippen LogP contribution in [-0.4, -0.2) is 33.1 Å². The van der Waals surface area contributed by atoms with Crippen LogP contribution in [0.15, 0.2) is 30.3 Å². The van der Waals surface area contributed by atoms with E-state index in [4.69, 9.17) is 5.73 Å². The van der Waals surface area contributed by atoms with E-state index in [1.807, 2.05) is 30.3 Å². The van der Waals surface area contributed by atoms with E-state index in [1.165, 1.54) is 0 Å². The van der Waals surface area contributed by atoms with Gasteiger partial charge in [0.2, 0.25) is 5.91 Å². The minimum absolute atomic E-state index is 0.147. The lowest BCUT2D eigenvalue weighted by Gasteiger charge is -2.17. The molecule has 0 saturated heterocycles. The molecular weight excluding hydrogens is 244 g/mol. The van der Waals surface area contributed by atoms with Crippen LogP contribution in [-0.2, 0) is 4.79 Å². The standard InChI is InChI=1S/C12H16N6O/c1-8(11-15-17-18-16-11)14-12(19)10(7-13)9-5-3-2-4-6-9/h2-6,8,10H,7,13H2,1H3,(H,14,19)(H,15,16,17,18). The van der Waals surface area contributed by atoms with Crippen molar-refractivity contribution in [2.24, 2.45) is 5.73 Å². The zero-order valence-electron chi connectivity index (χ0n) is 10.6. The second kappa shape index (κ2) is 6.05. The molecular formula is C12H16N6O. The van der Waals surface area contributed by atoms with Gasteiger partial charge in [-0.15, -0.1) is 10.2 Å². The van der Waals surface area contributed by atoms with E-state index in [1.54, 1.807) is 6.92 Å². The third kappa shape index (κ3) is 3.14. The largest absolute Gasteiger partial charge is 0.346 e. The van der Waals surface area contributed by atoms with Crippen molar-refractivity contribution in [1.82, 2.24) is 25.9 Å². The number of aromatic nitrogens is 4. The van der Waals surface area contributed by atoms with Crippen molar-refractivity contribution in [2.45, 2.75) is 18.9 Å². The molecule has 1 amide bonds. The number of aromatic amines is 1. The maximum Gasteiger partial charge on any atom is 0.229 e. The molecule has 0 saturated carbocycles. The third-order valence-electron chi connectivity index (χ3n) is 2.86. The summed E-state index contributed by atoms with van der Waals surface area (Å²) in [5.41, 5.74) is 6.58. The van der Waals surface area contributed by atoms with Crippen LogP contribution in [0.4, 0.5) is 0 Å². The van der Waals surface area contributed by atoms with Crippen molar-refractivity contribution in [2.75, 3.05) is 6.54 Å². The molecule has 0 aliphatic heterocycles. The quantitative estimate of drug-likeness (QED) is 0.707. The lowest BCUT2D eigenvalue weighted by atomic mass is 9.98. The first-order valence-corrected chi connectivity index (χ1v) is 6.01. The van der Waals surface area contributed by atoms with Gasteiger partial charge in [-0.1, -0.05) is 35.5 Å². The molecule has 0 radical (unpaired) electrons. The van der Waals surface area contributed by atoms with E-state index < -0.39 is 0 Å². The highest BCUT2D eigenvalue weighted by Gasteiger charge is 2.22. The zero-order chi connectivity index (χ0) is 13.7. The molecule has 4 N–H and O–H groups in total. The van der Waals surface area contributed by atoms with Gasteiger partial charge in [0.15, 0.2) is 5.82 Å². The van der Waals surface area contributed by atoms with Crippen LogP contribution in [0.1, 0.15) is 30.3 Å². The summed E-state index contributed by atoms with van der Waals surface area (Å²) in [6, 6.07) is 9.12. The van der Waals surface area contributed by atoms with Crippen LogP contribution >= 0.6 is 0 Å². The first kappa shape index (κ1) is 13.2. The molecule has 1 heterocycles. The zero-order valence-corrected chi connectivity index (χ0v) is 10.6. The molecule has 0 fully saturated rings. The molecule has 2 unspecified atom stereocenters. The predicted molar refractivity (Wildman–Crippen MR) is 69.0 cm³/mol. The number of amides is 1. The number of tetrazole rings is 1. The van der Waals surface area contributed by atoms with Gasteiger partial charge in [0.05, 0.1) is 12.0 Å². The summed E-state index contributed by atoms with van der Waals surface area (Å²) in [5.74, 6) is -0.0845. The summed E-state index contributed by atoms with van der Waals surface area (Å²) < 4.78 is 0. The Bertz CT molecular complexity index is 512. The summed E-state index contributed by atoms with van der Waals surface area (Å²) >= 11 is 0. The molecule has 2 rings (SSSR count). The fourth-order valence-electron chi connectivity index (χ4n) is 1.81. The second-order valence-electron chi connectivity index (χ2n) is 4.20. The van der Waals surface area contributed by atoms with Gasteiger partial charge in [-0.2, -0.15) is 5.21 Å². The highest BCUT2D eigenvalue weighted by atomic mass is 16.2. The smallest absolute Gasteiger partial charge is 0.229 e. The Morgan fingerprint density at radius 3 is 2.74 bits per heavy atom. The lowest BCUT2D eigenvalue weighted by Crippen LogP contribution is -2.35. The van der Waals surface area contributed by atoms with E-state index in [2.05, 4.69) is 25.9 Å². The Balaban J connectivity index is 2.06. The average Bonchev–Trinajstić information content (AvgIpc) is 2.94. The SMILES string of the molecule is CC(NC(=O)C(CN)c1ccccc1)c1nn[nH]n1. The van der Waals surface area contributed by atoms with Crippen LogP contribution in [0.5, 0.6) is 0 Å². The molecule has 7 nitrogen and oxygen atoms in total. The topological polar surface area (TPSA) is 110 Å². The molecule has 1 aromatic heterocycles. The molecule has 0 bridgehead atoms. The summed E-state index contributed by atoms with van der Waals surface area (Å²) in [6.07, 6.45) is 0. The molecule has 0 aliphatic carbocycles. The number of hydrogen-bond donors (Lipinski definition) is 3. The number of hydrogen-bond acceptors (Lipinski definition) is 5. The monoisotopic (exact) mass is 260 g/mol. The number of benzene rings is 1. The van der Waals surface area contributed by atoms with E-state index >= 15 is 0 Å². The van der Waals surface area contributed by atoms with Crippen LogP contribution < -0.4 is 11.1 Å². The minimum Gasteiger partial charge on any atom is -0.346 e. The number of carbonyl (C=O) groups is 1. The van der Waals surface area contributed by atoms with Crippen molar-refractivity contribution < 1.29 is 4.79 Å². The van der Waals surface area contributed by atoms with Crippen molar-refractivity contribution in [3.05, 3.63) is 41.7 Å². The molecule has 100 valence electrons. The second-order valence-corrected chi connectivity index (χ2v) is 4.20. The van der Waals surface area contributed by atoms with Crippen LogP contribution in [0.3, 0.4) is 0 Å².